The van der Waals surface area contributed by atoms with E-state index in [2.05, 4.69) is 15.3 Å². The molecular weight excluding hydrogens is 308 g/mol. The number of halogens is 2. The van der Waals surface area contributed by atoms with Crippen LogP contribution in [-0.4, -0.2) is 29.4 Å². The van der Waals surface area contributed by atoms with Gasteiger partial charge in [0.2, 0.25) is 11.8 Å². The van der Waals surface area contributed by atoms with Crippen molar-refractivity contribution in [3.05, 3.63) is 47.7 Å². The molecular formula is C15H17F2N3OS. The van der Waals surface area contributed by atoms with E-state index in [1.54, 1.807) is 23.9 Å². The Hall–Kier alpha value is -1.89. The van der Waals surface area contributed by atoms with Crippen molar-refractivity contribution in [2.24, 2.45) is 0 Å². The normalized spacial score (nSPS) is 10.5. The Morgan fingerprint density at radius 3 is 2.73 bits per heavy atom. The number of thioether (sulfide) groups is 1. The molecule has 4 nitrogen and oxygen atoms in total. The maximum absolute atomic E-state index is 13.1. The highest BCUT2D eigenvalue weighted by atomic mass is 32.2. The molecule has 0 aliphatic carbocycles. The summed E-state index contributed by atoms with van der Waals surface area (Å²) in [7, 11) is 1.36. The van der Waals surface area contributed by atoms with Crippen molar-refractivity contribution in [2.45, 2.75) is 12.2 Å². The number of methoxy groups -OCH3 is 1. The molecule has 0 bridgehead atoms. The van der Waals surface area contributed by atoms with Crippen molar-refractivity contribution < 1.29 is 13.5 Å². The Morgan fingerprint density at radius 2 is 2.00 bits per heavy atom. The number of nitrogens with one attached hydrogen (secondary N) is 1. The van der Waals surface area contributed by atoms with Crippen molar-refractivity contribution in [3.63, 3.8) is 0 Å². The van der Waals surface area contributed by atoms with E-state index in [0.717, 1.165) is 29.7 Å². The van der Waals surface area contributed by atoms with Crippen LogP contribution in [0, 0.1) is 11.6 Å². The van der Waals surface area contributed by atoms with Crippen molar-refractivity contribution in [2.75, 3.05) is 24.7 Å². The molecule has 118 valence electrons. The molecule has 1 heterocycles. The first-order valence-corrected chi connectivity index (χ1v) is 7.97. The standard InChI is InChI=1S/C15H17F2N3OS/c1-21-14-13(17)9-19-15(20-14)18-7-2-8-22-10-11-3-5-12(16)6-4-11/h3-6,9H,2,7-8,10H2,1H3,(H,18,19,20). The lowest BCUT2D eigenvalue weighted by atomic mass is 10.2. The van der Waals surface area contributed by atoms with Crippen LogP contribution in [-0.2, 0) is 5.75 Å². The maximum Gasteiger partial charge on any atom is 0.255 e. The second kappa shape index (κ2) is 8.53. The lowest BCUT2D eigenvalue weighted by Gasteiger charge is -2.06. The summed E-state index contributed by atoms with van der Waals surface area (Å²) >= 11 is 1.77. The monoisotopic (exact) mass is 325 g/mol. The van der Waals surface area contributed by atoms with E-state index < -0.39 is 5.82 Å². The number of hydrogen-bond donors (Lipinski definition) is 1. The van der Waals surface area contributed by atoms with Crippen LogP contribution in [0.25, 0.3) is 0 Å². The van der Waals surface area contributed by atoms with E-state index in [4.69, 9.17) is 4.74 Å². The lowest BCUT2D eigenvalue weighted by Crippen LogP contribution is -2.07. The van der Waals surface area contributed by atoms with E-state index in [0.29, 0.717) is 12.5 Å². The molecule has 7 heteroatoms. The van der Waals surface area contributed by atoms with Gasteiger partial charge in [0, 0.05) is 12.3 Å². The molecule has 0 aliphatic rings. The van der Waals surface area contributed by atoms with Crippen molar-refractivity contribution >= 4 is 17.7 Å². The molecule has 0 aliphatic heterocycles. The molecule has 0 fully saturated rings. The van der Waals surface area contributed by atoms with Crippen LogP contribution in [0.1, 0.15) is 12.0 Å². The summed E-state index contributed by atoms with van der Waals surface area (Å²) < 4.78 is 30.7. The first kappa shape index (κ1) is 16.5. The van der Waals surface area contributed by atoms with Gasteiger partial charge < -0.3 is 10.1 Å². The summed E-state index contributed by atoms with van der Waals surface area (Å²) in [6.45, 7) is 0.686. The van der Waals surface area contributed by atoms with E-state index in [9.17, 15) is 8.78 Å². The minimum absolute atomic E-state index is 0.0665. The summed E-state index contributed by atoms with van der Waals surface area (Å²) in [5, 5.41) is 3.02. The Morgan fingerprint density at radius 1 is 1.23 bits per heavy atom. The SMILES string of the molecule is COc1nc(NCCCSCc2ccc(F)cc2)ncc1F. The molecule has 0 radical (unpaired) electrons. The summed E-state index contributed by atoms with van der Waals surface area (Å²) in [5.74, 6) is 1.28. The summed E-state index contributed by atoms with van der Waals surface area (Å²) in [6, 6.07) is 6.52. The predicted molar refractivity (Wildman–Crippen MR) is 84.2 cm³/mol. The third kappa shape index (κ3) is 5.14. The zero-order chi connectivity index (χ0) is 15.8. The number of aromatic nitrogens is 2. The lowest BCUT2D eigenvalue weighted by molar-refractivity contribution is 0.368. The molecule has 0 unspecified atom stereocenters. The molecule has 0 saturated carbocycles. The molecule has 1 aromatic heterocycles. The minimum atomic E-state index is -0.581. The number of rotatable bonds is 8. The van der Waals surface area contributed by atoms with Crippen molar-refractivity contribution in [1.82, 2.24) is 9.97 Å². The molecule has 22 heavy (non-hydrogen) atoms. The Balaban J connectivity index is 1.64. The molecule has 0 spiro atoms. The van der Waals surface area contributed by atoms with Crippen LogP contribution in [0.3, 0.4) is 0 Å². The average molecular weight is 325 g/mol. The minimum Gasteiger partial charge on any atom is -0.479 e. The van der Waals surface area contributed by atoms with Crippen LogP contribution in [0.2, 0.25) is 0 Å². The third-order valence-electron chi connectivity index (χ3n) is 2.84. The second-order valence-electron chi connectivity index (χ2n) is 4.51. The van der Waals surface area contributed by atoms with Crippen molar-refractivity contribution in [1.29, 1.82) is 0 Å². The van der Waals surface area contributed by atoms with Gasteiger partial charge in [-0.2, -0.15) is 21.1 Å². The Bertz CT molecular complexity index is 596. The second-order valence-corrected chi connectivity index (χ2v) is 5.62. The number of anilines is 1. The third-order valence-corrected chi connectivity index (χ3v) is 3.95. The highest BCUT2D eigenvalue weighted by molar-refractivity contribution is 7.98. The predicted octanol–water partition coefficient (Wildman–Crippen LogP) is 3.50. The van der Waals surface area contributed by atoms with Crippen molar-refractivity contribution in [3.8, 4) is 5.88 Å². The van der Waals surface area contributed by atoms with E-state index in [-0.39, 0.29) is 11.7 Å². The van der Waals surface area contributed by atoms with Gasteiger partial charge in [-0.1, -0.05) is 12.1 Å². The summed E-state index contributed by atoms with van der Waals surface area (Å²) in [4.78, 5) is 7.74. The van der Waals surface area contributed by atoms with Crippen LogP contribution < -0.4 is 10.1 Å². The van der Waals surface area contributed by atoms with Crippen LogP contribution in [0.15, 0.2) is 30.5 Å². The maximum atomic E-state index is 13.1. The number of nitrogens with zero attached hydrogens (tertiary/aromatic N) is 2. The summed E-state index contributed by atoms with van der Waals surface area (Å²) in [6.07, 6.45) is 1.99. The van der Waals surface area contributed by atoms with Gasteiger partial charge in [-0.15, -0.1) is 0 Å². The number of benzene rings is 1. The fourth-order valence-corrected chi connectivity index (χ4v) is 2.65. The topological polar surface area (TPSA) is 47.0 Å². The van der Waals surface area contributed by atoms with Gasteiger partial charge in [0.05, 0.1) is 13.3 Å². The van der Waals surface area contributed by atoms with Gasteiger partial charge in [0.15, 0.2) is 0 Å². The first-order chi connectivity index (χ1) is 10.7. The van der Waals surface area contributed by atoms with Gasteiger partial charge >= 0.3 is 0 Å². The van der Waals surface area contributed by atoms with Gasteiger partial charge in [0.25, 0.3) is 5.88 Å². The largest absolute Gasteiger partial charge is 0.479 e. The molecule has 0 amide bonds. The smallest absolute Gasteiger partial charge is 0.255 e. The molecule has 2 aromatic rings. The van der Waals surface area contributed by atoms with Gasteiger partial charge in [-0.05, 0) is 29.9 Å². The molecule has 2 rings (SSSR count). The van der Waals surface area contributed by atoms with Gasteiger partial charge in [-0.25, -0.2) is 9.37 Å². The van der Waals surface area contributed by atoms with Gasteiger partial charge in [-0.3, -0.25) is 0 Å². The quantitative estimate of drug-likeness (QED) is 0.753. The van der Waals surface area contributed by atoms with E-state index in [1.807, 2.05) is 0 Å². The van der Waals surface area contributed by atoms with Gasteiger partial charge in [0.1, 0.15) is 5.82 Å². The molecule has 1 N–H and O–H groups in total. The molecule has 0 atom stereocenters. The molecule has 0 saturated heterocycles. The average Bonchev–Trinajstić information content (AvgIpc) is 2.54. The zero-order valence-electron chi connectivity index (χ0n) is 12.2. The van der Waals surface area contributed by atoms with Crippen LogP contribution in [0.5, 0.6) is 5.88 Å². The Kier molecular flexibility index (Phi) is 6.39. The molecule has 1 aromatic carbocycles. The van der Waals surface area contributed by atoms with E-state index >= 15 is 0 Å². The zero-order valence-corrected chi connectivity index (χ0v) is 13.0. The highest BCUT2D eigenvalue weighted by Crippen LogP contribution is 2.15. The summed E-state index contributed by atoms with van der Waals surface area (Å²) in [5.41, 5.74) is 1.10. The van der Waals surface area contributed by atoms with Crippen LogP contribution in [0.4, 0.5) is 14.7 Å². The first-order valence-electron chi connectivity index (χ1n) is 6.81. The number of hydrogen-bond acceptors (Lipinski definition) is 5. The van der Waals surface area contributed by atoms with Crippen LogP contribution >= 0.6 is 11.8 Å². The van der Waals surface area contributed by atoms with E-state index in [1.165, 1.54) is 19.2 Å². The highest BCUT2D eigenvalue weighted by Gasteiger charge is 2.06. The number of ether oxygens (including phenoxy) is 1. The fraction of sp³-hybridized carbons (Fsp3) is 0.333. The Labute approximate surface area is 132 Å². The fourth-order valence-electron chi connectivity index (χ4n) is 1.72.